The molecule has 3 atom stereocenters. The van der Waals surface area contributed by atoms with Crippen molar-refractivity contribution in [1.82, 2.24) is 4.90 Å². The van der Waals surface area contributed by atoms with Crippen molar-refractivity contribution >= 4 is 0 Å². The molecule has 1 saturated carbocycles. The summed E-state index contributed by atoms with van der Waals surface area (Å²) in [5.41, 5.74) is 1.36. The molecule has 0 radical (unpaired) electrons. The van der Waals surface area contributed by atoms with Gasteiger partial charge in [0.05, 0.1) is 6.10 Å². The molecular formula is C14H19NO. The Labute approximate surface area is 96.9 Å². The Kier molecular flexibility index (Phi) is 2.70. The zero-order valence-corrected chi connectivity index (χ0v) is 9.55. The van der Waals surface area contributed by atoms with E-state index < -0.39 is 0 Å². The number of rotatable bonds is 2. The van der Waals surface area contributed by atoms with E-state index in [1.165, 1.54) is 24.9 Å². The van der Waals surface area contributed by atoms with E-state index in [2.05, 4.69) is 35.2 Å². The molecule has 0 aromatic heterocycles. The topological polar surface area (TPSA) is 23.5 Å². The van der Waals surface area contributed by atoms with E-state index in [1.54, 1.807) is 0 Å². The molecule has 2 heteroatoms. The Morgan fingerprint density at radius 2 is 2.00 bits per heavy atom. The molecule has 2 aliphatic heterocycles. The summed E-state index contributed by atoms with van der Waals surface area (Å²) in [6.45, 7) is 2.18. The first-order valence-corrected chi connectivity index (χ1v) is 6.29. The summed E-state index contributed by atoms with van der Waals surface area (Å²) in [4.78, 5) is 2.47. The Bertz CT molecular complexity index is 351. The van der Waals surface area contributed by atoms with Crippen molar-refractivity contribution in [3.63, 3.8) is 0 Å². The Balaban J connectivity index is 1.72. The molecule has 0 amide bonds. The van der Waals surface area contributed by atoms with E-state index in [4.69, 9.17) is 0 Å². The number of piperidine rings is 2. The summed E-state index contributed by atoms with van der Waals surface area (Å²) in [5, 5.41) is 10.0. The van der Waals surface area contributed by atoms with Gasteiger partial charge in [0.2, 0.25) is 0 Å². The van der Waals surface area contributed by atoms with Crippen molar-refractivity contribution in [3.05, 3.63) is 35.9 Å². The number of hydrogen-bond acceptors (Lipinski definition) is 2. The van der Waals surface area contributed by atoms with Crippen LogP contribution < -0.4 is 0 Å². The molecule has 3 fully saturated rings. The summed E-state index contributed by atoms with van der Waals surface area (Å²) >= 11 is 0. The van der Waals surface area contributed by atoms with Crippen LogP contribution in [0.1, 0.15) is 24.8 Å². The molecule has 1 aromatic carbocycles. The van der Waals surface area contributed by atoms with Gasteiger partial charge in [0.25, 0.3) is 0 Å². The predicted molar refractivity (Wildman–Crippen MR) is 64.0 cm³/mol. The molecule has 2 bridgehead atoms. The molecule has 2 heterocycles. The maximum Gasteiger partial charge on any atom is 0.0698 e. The third-order valence-corrected chi connectivity index (χ3v) is 4.08. The second-order valence-electron chi connectivity index (χ2n) is 5.23. The van der Waals surface area contributed by atoms with E-state index in [1.807, 2.05) is 0 Å². The molecule has 4 rings (SSSR count). The van der Waals surface area contributed by atoms with Crippen LogP contribution in [0.3, 0.4) is 0 Å². The zero-order chi connectivity index (χ0) is 11.0. The van der Waals surface area contributed by atoms with Gasteiger partial charge >= 0.3 is 0 Å². The Morgan fingerprint density at radius 1 is 1.19 bits per heavy atom. The van der Waals surface area contributed by atoms with Crippen LogP contribution in [-0.2, 0) is 6.54 Å². The van der Waals surface area contributed by atoms with Crippen LogP contribution in [0, 0.1) is 5.92 Å². The zero-order valence-electron chi connectivity index (χ0n) is 9.55. The van der Waals surface area contributed by atoms with Gasteiger partial charge in [0.15, 0.2) is 0 Å². The molecule has 2 saturated heterocycles. The second kappa shape index (κ2) is 4.19. The van der Waals surface area contributed by atoms with Crippen molar-refractivity contribution in [3.8, 4) is 0 Å². The van der Waals surface area contributed by atoms with Crippen molar-refractivity contribution in [1.29, 1.82) is 0 Å². The van der Waals surface area contributed by atoms with Crippen molar-refractivity contribution in [2.24, 2.45) is 5.92 Å². The van der Waals surface area contributed by atoms with Crippen LogP contribution in [0.25, 0.3) is 0 Å². The highest BCUT2D eigenvalue weighted by Crippen LogP contribution is 2.35. The van der Waals surface area contributed by atoms with Crippen LogP contribution in [0.4, 0.5) is 0 Å². The first-order valence-electron chi connectivity index (χ1n) is 6.29. The van der Waals surface area contributed by atoms with Gasteiger partial charge in [-0.1, -0.05) is 30.3 Å². The van der Waals surface area contributed by atoms with Crippen LogP contribution in [0.5, 0.6) is 0 Å². The van der Waals surface area contributed by atoms with Gasteiger partial charge in [-0.05, 0) is 30.7 Å². The standard InChI is InChI=1S/C14H19NO/c16-14-8-12-6-7-13(14)15(10-12)9-11-4-2-1-3-5-11/h1-5,12-14,16H,6-10H2/t12-,13-,14?/m1/s1. The lowest BCUT2D eigenvalue weighted by molar-refractivity contribution is -0.0582. The highest BCUT2D eigenvalue weighted by molar-refractivity contribution is 5.15. The van der Waals surface area contributed by atoms with E-state index in [0.717, 1.165) is 18.9 Å². The maximum atomic E-state index is 10.0. The Morgan fingerprint density at radius 3 is 2.69 bits per heavy atom. The number of nitrogens with zero attached hydrogens (tertiary/aromatic N) is 1. The molecule has 3 aliphatic rings. The molecular weight excluding hydrogens is 198 g/mol. The summed E-state index contributed by atoms with van der Waals surface area (Å²) in [6.07, 6.45) is 3.43. The van der Waals surface area contributed by atoms with Crippen molar-refractivity contribution < 1.29 is 5.11 Å². The van der Waals surface area contributed by atoms with Gasteiger partial charge in [0.1, 0.15) is 0 Å². The smallest absolute Gasteiger partial charge is 0.0698 e. The number of aliphatic hydroxyl groups excluding tert-OH is 1. The monoisotopic (exact) mass is 217 g/mol. The van der Waals surface area contributed by atoms with Gasteiger partial charge in [-0.2, -0.15) is 0 Å². The lowest BCUT2D eigenvalue weighted by Gasteiger charge is -2.48. The van der Waals surface area contributed by atoms with E-state index >= 15 is 0 Å². The lowest BCUT2D eigenvalue weighted by atomic mass is 9.78. The molecule has 1 N–H and O–H groups in total. The summed E-state index contributed by atoms with van der Waals surface area (Å²) in [6, 6.07) is 11.0. The SMILES string of the molecule is OC1C[C@H]2CC[C@H]1N(Cc1ccccc1)C2. The van der Waals surface area contributed by atoms with Gasteiger partial charge in [0, 0.05) is 19.1 Å². The fourth-order valence-electron chi connectivity index (χ4n) is 3.27. The summed E-state index contributed by atoms with van der Waals surface area (Å²) in [5.74, 6) is 0.726. The molecule has 1 aromatic rings. The first-order chi connectivity index (χ1) is 7.83. The van der Waals surface area contributed by atoms with Crippen LogP contribution >= 0.6 is 0 Å². The van der Waals surface area contributed by atoms with E-state index in [9.17, 15) is 5.11 Å². The van der Waals surface area contributed by atoms with Crippen LogP contribution in [-0.4, -0.2) is 28.7 Å². The molecule has 86 valence electrons. The minimum absolute atomic E-state index is 0.0868. The molecule has 16 heavy (non-hydrogen) atoms. The van der Waals surface area contributed by atoms with Crippen LogP contribution in [0.15, 0.2) is 30.3 Å². The van der Waals surface area contributed by atoms with Crippen molar-refractivity contribution in [2.45, 2.75) is 38.0 Å². The van der Waals surface area contributed by atoms with Crippen molar-refractivity contribution in [2.75, 3.05) is 6.54 Å². The summed E-state index contributed by atoms with van der Waals surface area (Å²) < 4.78 is 0. The molecule has 2 nitrogen and oxygen atoms in total. The molecule has 1 unspecified atom stereocenters. The number of benzene rings is 1. The first kappa shape index (κ1) is 10.3. The van der Waals surface area contributed by atoms with E-state index in [-0.39, 0.29) is 6.10 Å². The van der Waals surface area contributed by atoms with E-state index in [0.29, 0.717) is 6.04 Å². The van der Waals surface area contributed by atoms with Crippen LogP contribution in [0.2, 0.25) is 0 Å². The highest BCUT2D eigenvalue weighted by atomic mass is 16.3. The highest BCUT2D eigenvalue weighted by Gasteiger charge is 2.39. The van der Waals surface area contributed by atoms with Gasteiger partial charge in [-0.25, -0.2) is 0 Å². The number of fused-ring (bicyclic) bond motifs is 3. The molecule has 1 aliphatic carbocycles. The third-order valence-electron chi connectivity index (χ3n) is 4.08. The minimum Gasteiger partial charge on any atom is -0.391 e. The normalized spacial score (nSPS) is 34.2. The minimum atomic E-state index is -0.0868. The van der Waals surface area contributed by atoms with Gasteiger partial charge in [-0.3, -0.25) is 4.90 Å². The fraction of sp³-hybridized carbons (Fsp3) is 0.571. The Hall–Kier alpha value is -0.860. The van der Waals surface area contributed by atoms with Gasteiger partial charge < -0.3 is 5.11 Å². The third kappa shape index (κ3) is 1.87. The fourth-order valence-corrected chi connectivity index (χ4v) is 3.27. The lowest BCUT2D eigenvalue weighted by Crippen LogP contribution is -2.55. The second-order valence-corrected chi connectivity index (χ2v) is 5.23. The van der Waals surface area contributed by atoms with Gasteiger partial charge in [-0.15, -0.1) is 0 Å². The average molecular weight is 217 g/mol. The largest absolute Gasteiger partial charge is 0.391 e. The predicted octanol–water partition coefficient (Wildman–Crippen LogP) is 2.03. The number of aliphatic hydroxyl groups is 1. The maximum absolute atomic E-state index is 10.0. The molecule has 0 spiro atoms. The average Bonchev–Trinajstić information content (AvgIpc) is 2.30. The number of hydrogen-bond donors (Lipinski definition) is 1. The summed E-state index contributed by atoms with van der Waals surface area (Å²) in [7, 11) is 0. The quantitative estimate of drug-likeness (QED) is 0.819.